The number of likely N-dealkylation sites (tertiary alicyclic amines) is 1. The van der Waals surface area contributed by atoms with Crippen LogP contribution in [0.2, 0.25) is 0 Å². The third-order valence-electron chi connectivity index (χ3n) is 3.24. The van der Waals surface area contributed by atoms with Crippen LogP contribution >= 0.6 is 0 Å². The summed E-state index contributed by atoms with van der Waals surface area (Å²) in [6.45, 7) is 2.24. The van der Waals surface area contributed by atoms with Crippen LogP contribution in [0.3, 0.4) is 0 Å². The predicted octanol–water partition coefficient (Wildman–Crippen LogP) is 1.85. The van der Waals surface area contributed by atoms with Gasteiger partial charge in [0, 0.05) is 0 Å². The first-order valence-electron chi connectivity index (χ1n) is 5.47. The molecule has 0 bridgehead atoms. The molecule has 4 heteroatoms. The first kappa shape index (κ1) is 10.5. The van der Waals surface area contributed by atoms with Crippen molar-refractivity contribution in [1.82, 2.24) is 8.88 Å². The molecule has 1 aliphatic rings. The molecule has 1 aromatic heterocycles. The fourth-order valence-electron chi connectivity index (χ4n) is 2.38. The van der Waals surface area contributed by atoms with Crippen molar-refractivity contribution in [3.8, 4) is 0 Å². The summed E-state index contributed by atoms with van der Waals surface area (Å²) in [6, 6.07) is 5.09. The quantitative estimate of drug-likeness (QED) is 0.743. The van der Waals surface area contributed by atoms with E-state index in [1.54, 1.807) is 12.1 Å². The van der Waals surface area contributed by atoms with Crippen LogP contribution in [-0.2, 0) is 0 Å². The van der Waals surface area contributed by atoms with E-state index >= 15 is 0 Å². The first-order chi connectivity index (χ1) is 7.74. The van der Waals surface area contributed by atoms with Crippen LogP contribution in [-0.4, -0.2) is 43.7 Å². The van der Waals surface area contributed by atoms with Gasteiger partial charge in [0.15, 0.2) is 0 Å². The van der Waals surface area contributed by atoms with Gasteiger partial charge < -0.3 is 0 Å². The molecule has 0 saturated carbocycles. The van der Waals surface area contributed by atoms with Gasteiger partial charge in [-0.15, -0.1) is 0 Å². The van der Waals surface area contributed by atoms with Gasteiger partial charge in [-0.05, 0) is 0 Å². The summed E-state index contributed by atoms with van der Waals surface area (Å²) in [6.07, 6.45) is 1.18. The Balaban J connectivity index is 2.04. The summed E-state index contributed by atoms with van der Waals surface area (Å²) in [5.74, 6) is 0.416. The number of hydrogen-bond donors (Lipinski definition) is 0. The first-order valence-corrected chi connectivity index (χ1v) is 7.09. The van der Waals surface area contributed by atoms with Crippen molar-refractivity contribution in [3.63, 3.8) is 0 Å². The molecule has 0 N–H and O–H groups in total. The minimum atomic E-state index is -0.138. The molecule has 1 aliphatic heterocycles. The van der Waals surface area contributed by atoms with Gasteiger partial charge >= 0.3 is 99.8 Å². The number of halogens is 1. The van der Waals surface area contributed by atoms with Gasteiger partial charge in [0.05, 0.1) is 0 Å². The van der Waals surface area contributed by atoms with E-state index in [2.05, 4.69) is 15.9 Å². The molecular weight excluding hydrogens is 270 g/mol. The van der Waals surface area contributed by atoms with Gasteiger partial charge in [0.2, 0.25) is 0 Å². The topological polar surface area (TPSA) is 16.1 Å². The Morgan fingerprint density at radius 1 is 1.50 bits per heavy atom. The summed E-state index contributed by atoms with van der Waals surface area (Å²) >= 11 is 0.0912. The van der Waals surface area contributed by atoms with Crippen molar-refractivity contribution in [2.45, 2.75) is 12.3 Å². The molecule has 2 heterocycles. The van der Waals surface area contributed by atoms with E-state index < -0.39 is 0 Å². The second-order valence-corrected chi connectivity index (χ2v) is 6.15. The second kappa shape index (κ2) is 3.95. The third kappa shape index (κ3) is 1.71. The fourth-order valence-corrected chi connectivity index (χ4v) is 4.23. The molecule has 16 heavy (non-hydrogen) atoms. The molecule has 1 saturated heterocycles. The van der Waals surface area contributed by atoms with Gasteiger partial charge in [0.1, 0.15) is 0 Å². The van der Waals surface area contributed by atoms with E-state index in [1.807, 2.05) is 6.07 Å². The zero-order chi connectivity index (χ0) is 11.1. The Bertz CT molecular complexity index is 523. The molecule has 0 unspecified atom stereocenters. The molecular formula is C12H13FN2Se. The van der Waals surface area contributed by atoms with Gasteiger partial charge in [-0.25, -0.2) is 0 Å². The molecule has 2 aromatic rings. The molecule has 1 atom stereocenters. The summed E-state index contributed by atoms with van der Waals surface area (Å²) in [4.78, 5) is 2.34. The Morgan fingerprint density at radius 3 is 3.12 bits per heavy atom. The number of hydrogen-bond acceptors (Lipinski definition) is 2. The van der Waals surface area contributed by atoms with Crippen molar-refractivity contribution >= 4 is 24.4 Å². The molecule has 0 radical (unpaired) electrons. The second-order valence-electron chi connectivity index (χ2n) is 4.46. The maximum atomic E-state index is 13.1. The number of fused-ring (bicyclic) bond motifs is 1. The SMILES string of the molecule is CN1CC[C@@H](c2n[se]c3cc(F)ccc23)C1. The zero-order valence-corrected chi connectivity index (χ0v) is 10.8. The number of nitrogens with zero attached hydrogens (tertiary/aromatic N) is 2. The Labute approximate surface area is 100 Å². The molecule has 0 spiro atoms. The minimum absolute atomic E-state index is 0.0912. The predicted molar refractivity (Wildman–Crippen MR) is 63.5 cm³/mol. The fraction of sp³-hybridized carbons (Fsp3) is 0.417. The van der Waals surface area contributed by atoms with Crippen LogP contribution < -0.4 is 0 Å². The van der Waals surface area contributed by atoms with Gasteiger partial charge in [0.25, 0.3) is 0 Å². The van der Waals surface area contributed by atoms with E-state index in [4.69, 9.17) is 0 Å². The van der Waals surface area contributed by atoms with Crippen molar-refractivity contribution < 1.29 is 4.39 Å². The molecule has 1 aromatic carbocycles. The van der Waals surface area contributed by atoms with Crippen molar-refractivity contribution in [1.29, 1.82) is 0 Å². The molecule has 2 nitrogen and oxygen atoms in total. The van der Waals surface area contributed by atoms with Crippen LogP contribution in [0.1, 0.15) is 18.0 Å². The Hall–Kier alpha value is -0.701. The number of likely N-dealkylation sites (N-methyl/N-ethyl adjacent to an activating group) is 1. The normalized spacial score (nSPS) is 22.0. The number of aromatic nitrogens is 1. The summed E-state index contributed by atoms with van der Waals surface area (Å²) in [5.41, 5.74) is 1.22. The van der Waals surface area contributed by atoms with Crippen LogP contribution in [0, 0.1) is 5.82 Å². The van der Waals surface area contributed by atoms with Crippen LogP contribution in [0.5, 0.6) is 0 Å². The molecule has 84 valence electrons. The van der Waals surface area contributed by atoms with E-state index in [0.29, 0.717) is 5.92 Å². The Kier molecular flexibility index (Phi) is 2.58. The molecule has 1 fully saturated rings. The molecule has 0 aliphatic carbocycles. The Morgan fingerprint density at radius 2 is 2.38 bits per heavy atom. The number of benzene rings is 1. The number of rotatable bonds is 1. The monoisotopic (exact) mass is 284 g/mol. The summed E-state index contributed by atoms with van der Waals surface area (Å²) in [7, 11) is 2.15. The summed E-state index contributed by atoms with van der Waals surface area (Å²) in [5, 5.41) is 1.20. The maximum absolute atomic E-state index is 13.1. The standard InChI is InChI=1S/C12H13FN2Se/c1-15-5-4-8(7-15)12-10-3-2-9(13)6-11(10)16-14-12/h2-3,6,8H,4-5,7H2,1H3/t8-/m1/s1. The van der Waals surface area contributed by atoms with Crippen molar-refractivity contribution in [2.24, 2.45) is 0 Å². The van der Waals surface area contributed by atoms with Crippen LogP contribution in [0.25, 0.3) is 9.65 Å². The van der Waals surface area contributed by atoms with E-state index in [1.165, 1.54) is 17.5 Å². The summed E-state index contributed by atoms with van der Waals surface area (Å²) < 4.78 is 18.8. The average Bonchev–Trinajstić information content (AvgIpc) is 2.83. The van der Waals surface area contributed by atoms with Gasteiger partial charge in [-0.2, -0.15) is 0 Å². The van der Waals surface area contributed by atoms with Crippen molar-refractivity contribution in [3.05, 3.63) is 29.7 Å². The third-order valence-corrected chi connectivity index (χ3v) is 4.97. The molecule has 0 amide bonds. The zero-order valence-electron chi connectivity index (χ0n) is 9.11. The van der Waals surface area contributed by atoms with Crippen LogP contribution in [0.4, 0.5) is 4.39 Å². The van der Waals surface area contributed by atoms with Gasteiger partial charge in [-0.1, -0.05) is 0 Å². The molecule has 3 rings (SSSR count). The average molecular weight is 283 g/mol. The van der Waals surface area contributed by atoms with Gasteiger partial charge in [-0.3, -0.25) is 0 Å². The van der Waals surface area contributed by atoms with E-state index in [9.17, 15) is 4.39 Å². The van der Waals surface area contributed by atoms with E-state index in [-0.39, 0.29) is 20.5 Å². The van der Waals surface area contributed by atoms with Crippen LogP contribution in [0.15, 0.2) is 18.2 Å². The van der Waals surface area contributed by atoms with E-state index in [0.717, 1.165) is 17.3 Å². The van der Waals surface area contributed by atoms with Crippen molar-refractivity contribution in [2.75, 3.05) is 20.1 Å².